The maximum Gasteiger partial charge on any atom is 0.0471 e. The van der Waals surface area contributed by atoms with Crippen LogP contribution in [0.25, 0.3) is 27.8 Å². The Bertz CT molecular complexity index is 1230. The molecule has 1 atom stereocenters. The minimum atomic E-state index is -0.00314. The Morgan fingerprint density at radius 3 is 2.63 bits per heavy atom. The summed E-state index contributed by atoms with van der Waals surface area (Å²) in [6.45, 7) is 7.03. The van der Waals surface area contributed by atoms with Gasteiger partial charge in [0.05, 0.1) is 0 Å². The summed E-state index contributed by atoms with van der Waals surface area (Å²) in [5.74, 6) is 0.382. The van der Waals surface area contributed by atoms with Crippen LogP contribution in [0.1, 0.15) is 42.0 Å². The average Bonchev–Trinajstić information content (AvgIpc) is 3.23. The predicted octanol–water partition coefficient (Wildman–Crippen LogP) is 7.48. The fourth-order valence-corrected chi connectivity index (χ4v) is 5.66. The number of aromatic nitrogens is 1. The van der Waals surface area contributed by atoms with Gasteiger partial charge in [0, 0.05) is 32.9 Å². The number of fused-ring (bicyclic) bond motifs is 3. The zero-order valence-electron chi connectivity index (χ0n) is 15.8. The molecular formula is C25H22BrN. The van der Waals surface area contributed by atoms with E-state index >= 15 is 0 Å². The lowest BCUT2D eigenvalue weighted by atomic mass is 9.70. The zero-order valence-corrected chi connectivity index (χ0v) is 17.4. The number of nitrogens with one attached hydrogen (secondary N) is 1. The van der Waals surface area contributed by atoms with Gasteiger partial charge < -0.3 is 4.98 Å². The molecule has 0 amide bonds. The minimum absolute atomic E-state index is 0.00314. The molecule has 1 aliphatic carbocycles. The Morgan fingerprint density at radius 1 is 0.963 bits per heavy atom. The maximum absolute atomic E-state index is 3.87. The molecule has 0 saturated heterocycles. The van der Waals surface area contributed by atoms with Crippen LogP contribution >= 0.6 is 15.9 Å². The highest BCUT2D eigenvalue weighted by Crippen LogP contribution is 2.49. The highest BCUT2D eigenvalue weighted by molar-refractivity contribution is 9.10. The molecule has 5 rings (SSSR count). The van der Waals surface area contributed by atoms with Crippen molar-refractivity contribution in [3.63, 3.8) is 0 Å². The molecule has 2 heteroatoms. The van der Waals surface area contributed by atoms with Crippen molar-refractivity contribution < 1.29 is 0 Å². The number of halogens is 1. The summed E-state index contributed by atoms with van der Waals surface area (Å²) >= 11 is 3.87. The molecule has 3 aromatic carbocycles. The number of H-pyrrole nitrogens is 1. The number of benzene rings is 2. The van der Waals surface area contributed by atoms with E-state index in [9.17, 15) is 0 Å². The molecule has 1 N–H and O–H groups in total. The van der Waals surface area contributed by atoms with Gasteiger partial charge in [0.15, 0.2) is 0 Å². The van der Waals surface area contributed by atoms with Gasteiger partial charge in [-0.2, -0.15) is 0 Å². The summed E-state index contributed by atoms with van der Waals surface area (Å²) in [7, 11) is 0. The van der Waals surface area contributed by atoms with Gasteiger partial charge in [-0.15, -0.1) is 0 Å². The van der Waals surface area contributed by atoms with Crippen LogP contribution in [0, 0.1) is 6.92 Å². The molecule has 0 aliphatic heterocycles. The van der Waals surface area contributed by atoms with E-state index < -0.39 is 0 Å². The molecule has 1 nitrogen and oxygen atoms in total. The number of rotatable bonds is 2. The highest BCUT2D eigenvalue weighted by atomic mass is 79.9. The molecule has 134 valence electrons. The number of hydrogen-bond donors (Lipinski definition) is 1. The van der Waals surface area contributed by atoms with Crippen LogP contribution in [-0.2, 0) is 5.41 Å². The molecule has 27 heavy (non-hydrogen) atoms. The van der Waals surface area contributed by atoms with E-state index in [4.69, 9.17) is 0 Å². The first-order valence-corrected chi connectivity index (χ1v) is 10.2. The van der Waals surface area contributed by atoms with Crippen LogP contribution in [0.4, 0.5) is 0 Å². The molecule has 1 heterocycles. The fraction of sp³-hybridized carbons (Fsp3) is 0.200. The van der Waals surface area contributed by atoms with E-state index in [1.54, 1.807) is 0 Å². The van der Waals surface area contributed by atoms with Crippen molar-refractivity contribution in [2.75, 3.05) is 0 Å². The second kappa shape index (κ2) is 5.84. The van der Waals surface area contributed by atoms with Gasteiger partial charge in [0.25, 0.3) is 0 Å². The number of aryl methyl sites for hydroxylation is 1. The third-order valence-corrected chi connectivity index (χ3v) is 7.04. The lowest BCUT2D eigenvalue weighted by molar-refractivity contribution is 0.476. The van der Waals surface area contributed by atoms with Crippen molar-refractivity contribution in [2.24, 2.45) is 0 Å². The van der Waals surface area contributed by atoms with Gasteiger partial charge in [-0.25, -0.2) is 0 Å². The van der Waals surface area contributed by atoms with Gasteiger partial charge in [0.2, 0.25) is 0 Å². The predicted molar refractivity (Wildman–Crippen MR) is 119 cm³/mol. The summed E-state index contributed by atoms with van der Waals surface area (Å²) in [5.41, 5.74) is 6.76. The van der Waals surface area contributed by atoms with Gasteiger partial charge in [-0.3, -0.25) is 0 Å². The molecule has 0 fully saturated rings. The maximum atomic E-state index is 3.87. The van der Waals surface area contributed by atoms with E-state index in [0.717, 1.165) is 0 Å². The third kappa shape index (κ3) is 2.36. The first kappa shape index (κ1) is 16.8. The molecular weight excluding hydrogens is 394 g/mol. The molecule has 1 aliphatic rings. The Hall–Kier alpha value is -2.32. The van der Waals surface area contributed by atoms with E-state index in [1.165, 1.54) is 48.4 Å². The molecule has 0 saturated carbocycles. The normalized spacial score (nSPS) is 16.4. The zero-order chi connectivity index (χ0) is 18.8. The summed E-state index contributed by atoms with van der Waals surface area (Å²) in [6.07, 6.45) is 6.66. The van der Waals surface area contributed by atoms with E-state index in [2.05, 4.69) is 102 Å². The Labute approximate surface area is 168 Å². The first-order valence-electron chi connectivity index (χ1n) is 9.45. The lowest BCUT2D eigenvalue weighted by Gasteiger charge is -2.33. The highest BCUT2D eigenvalue weighted by Gasteiger charge is 2.37. The van der Waals surface area contributed by atoms with Crippen LogP contribution < -0.4 is 0 Å². The summed E-state index contributed by atoms with van der Waals surface area (Å²) < 4.78 is 1.18. The number of aromatic amines is 1. The number of pyridine rings is 1. The van der Waals surface area contributed by atoms with Gasteiger partial charge in [0.1, 0.15) is 0 Å². The molecule has 1 aromatic heterocycles. The van der Waals surface area contributed by atoms with Crippen molar-refractivity contribution in [1.82, 2.24) is 4.98 Å². The Kier molecular flexibility index (Phi) is 3.64. The average molecular weight is 416 g/mol. The first-order chi connectivity index (χ1) is 13.0. The fourth-order valence-electron chi connectivity index (χ4n) is 4.98. The van der Waals surface area contributed by atoms with Crippen LogP contribution in [0.2, 0.25) is 0 Å². The summed E-state index contributed by atoms with van der Waals surface area (Å²) in [4.78, 5) is 3.41. The van der Waals surface area contributed by atoms with Crippen molar-refractivity contribution in [3.8, 4) is 0 Å². The van der Waals surface area contributed by atoms with Crippen LogP contribution in [0.5, 0.6) is 0 Å². The van der Waals surface area contributed by atoms with Crippen molar-refractivity contribution >= 4 is 43.7 Å². The molecule has 0 bridgehead atoms. The molecule has 1 unspecified atom stereocenters. The molecule has 0 spiro atoms. The Balaban J connectivity index is 1.78. The summed E-state index contributed by atoms with van der Waals surface area (Å²) in [5, 5.41) is 3.88. The largest absolute Gasteiger partial charge is 0.361 e. The van der Waals surface area contributed by atoms with Gasteiger partial charge in [-0.1, -0.05) is 56.3 Å². The van der Waals surface area contributed by atoms with Crippen LogP contribution in [0.3, 0.4) is 0 Å². The summed E-state index contributed by atoms with van der Waals surface area (Å²) in [6, 6.07) is 17.7. The van der Waals surface area contributed by atoms with Crippen LogP contribution in [0.15, 0.2) is 65.3 Å². The third-order valence-electron chi connectivity index (χ3n) is 6.19. The molecule has 4 aromatic rings. The van der Waals surface area contributed by atoms with Crippen molar-refractivity contribution in [2.45, 2.75) is 32.1 Å². The van der Waals surface area contributed by atoms with Gasteiger partial charge >= 0.3 is 0 Å². The van der Waals surface area contributed by atoms with Crippen LogP contribution in [-0.4, -0.2) is 4.98 Å². The standard InChI is InChI=1S/C25H22BrN/c1-15-13-20-19(14-22-18(24(20)26)9-6-12-27-22)23(15)25(2,3)21-11-10-16-7-4-5-8-17(16)21/h4-14,21,27H,1-3H3. The SMILES string of the molecule is Cc1cc2c(Br)c3ccc[nH]c3cc2c1C(C)(C)C1C=Cc2ccccc21. The van der Waals surface area contributed by atoms with E-state index in [0.29, 0.717) is 5.92 Å². The second-order valence-electron chi connectivity index (χ2n) is 8.17. The quantitative estimate of drug-likeness (QED) is 0.349. The van der Waals surface area contributed by atoms with E-state index in [-0.39, 0.29) is 5.41 Å². The lowest BCUT2D eigenvalue weighted by Crippen LogP contribution is -2.25. The Morgan fingerprint density at radius 2 is 1.78 bits per heavy atom. The van der Waals surface area contributed by atoms with Crippen molar-refractivity contribution in [1.29, 1.82) is 0 Å². The minimum Gasteiger partial charge on any atom is -0.361 e. The smallest absolute Gasteiger partial charge is 0.0471 e. The second-order valence-corrected chi connectivity index (χ2v) is 8.97. The van der Waals surface area contributed by atoms with Gasteiger partial charge in [-0.05, 0) is 74.1 Å². The number of allylic oxidation sites excluding steroid dienone is 1. The van der Waals surface area contributed by atoms with E-state index in [1.807, 2.05) is 6.20 Å². The number of hydrogen-bond acceptors (Lipinski definition) is 0. The monoisotopic (exact) mass is 415 g/mol. The topological polar surface area (TPSA) is 15.8 Å². The molecule has 0 radical (unpaired) electrons. The van der Waals surface area contributed by atoms with Crippen molar-refractivity contribution in [3.05, 3.63) is 87.5 Å².